The lowest BCUT2D eigenvalue weighted by Crippen LogP contribution is -2.26. The molecule has 0 radical (unpaired) electrons. The van der Waals surface area contributed by atoms with Gasteiger partial charge in [-0.15, -0.1) is 0 Å². The molecule has 1 N–H and O–H groups in total. The summed E-state index contributed by atoms with van der Waals surface area (Å²) in [4.78, 5) is 26.1. The number of amides is 2. The first-order chi connectivity index (χ1) is 10.9. The molecule has 2 heterocycles. The number of hydrogen-bond acceptors (Lipinski definition) is 4. The van der Waals surface area contributed by atoms with Gasteiger partial charge in [0.25, 0.3) is 11.8 Å². The van der Waals surface area contributed by atoms with E-state index >= 15 is 0 Å². The molecule has 124 valence electrons. The lowest BCUT2D eigenvalue weighted by molar-refractivity contribution is 0.0816. The molecule has 0 fully saturated rings. The van der Waals surface area contributed by atoms with Crippen LogP contribution in [-0.4, -0.2) is 50.4 Å². The van der Waals surface area contributed by atoms with E-state index in [4.69, 9.17) is 11.6 Å². The quantitative estimate of drug-likeness (QED) is 0.899. The van der Waals surface area contributed by atoms with Gasteiger partial charge >= 0.3 is 0 Å². The Morgan fingerprint density at radius 2 is 2.00 bits per heavy atom. The van der Waals surface area contributed by atoms with E-state index in [0.717, 1.165) is 0 Å². The molecular weight excluding hydrogens is 320 g/mol. The minimum Gasteiger partial charge on any atom is -0.343 e. The van der Waals surface area contributed by atoms with Gasteiger partial charge in [-0.05, 0) is 13.8 Å². The van der Waals surface area contributed by atoms with E-state index in [1.807, 2.05) is 13.8 Å². The molecule has 0 aliphatic carbocycles. The van der Waals surface area contributed by atoms with Gasteiger partial charge in [0.1, 0.15) is 5.69 Å². The Morgan fingerprint density at radius 3 is 2.52 bits per heavy atom. The van der Waals surface area contributed by atoms with Gasteiger partial charge < -0.3 is 10.2 Å². The first kappa shape index (κ1) is 17.0. The van der Waals surface area contributed by atoms with Crippen molar-refractivity contribution in [2.75, 3.05) is 19.4 Å². The molecule has 0 aliphatic heterocycles. The minimum absolute atomic E-state index is 0.112. The van der Waals surface area contributed by atoms with Crippen molar-refractivity contribution in [3.63, 3.8) is 0 Å². The molecule has 2 rings (SSSR count). The summed E-state index contributed by atoms with van der Waals surface area (Å²) in [5.74, 6) is -0.726. The van der Waals surface area contributed by atoms with Crippen molar-refractivity contribution in [1.29, 1.82) is 0 Å². The fraction of sp³-hybridized carbons (Fsp3) is 0.429. The first-order valence-corrected chi connectivity index (χ1v) is 7.58. The second-order valence-corrected chi connectivity index (χ2v) is 5.46. The Bertz CT molecular complexity index is 734. The summed E-state index contributed by atoms with van der Waals surface area (Å²) < 4.78 is 3.10. The zero-order valence-electron chi connectivity index (χ0n) is 13.5. The number of carbonyl (C=O) groups excluding carboxylic acids is 2. The summed E-state index contributed by atoms with van der Waals surface area (Å²) in [5.41, 5.74) is 0.760. The lowest BCUT2D eigenvalue weighted by atomic mass is 10.3. The number of rotatable bonds is 5. The minimum atomic E-state index is -0.481. The number of nitrogens with one attached hydrogen (secondary N) is 1. The first-order valence-electron chi connectivity index (χ1n) is 7.20. The Balaban J connectivity index is 2.32. The molecular formula is C14H19ClN6O2. The number of anilines is 1. The number of hydrogen-bond donors (Lipinski definition) is 1. The van der Waals surface area contributed by atoms with E-state index < -0.39 is 5.91 Å². The van der Waals surface area contributed by atoms with Crippen molar-refractivity contribution in [2.45, 2.75) is 26.9 Å². The van der Waals surface area contributed by atoms with Gasteiger partial charge in [-0.1, -0.05) is 11.6 Å². The predicted molar refractivity (Wildman–Crippen MR) is 86.8 cm³/mol. The Morgan fingerprint density at radius 1 is 1.30 bits per heavy atom. The van der Waals surface area contributed by atoms with Crippen LogP contribution in [0.2, 0.25) is 5.02 Å². The fourth-order valence-corrected chi connectivity index (χ4v) is 2.28. The molecule has 0 bridgehead atoms. The van der Waals surface area contributed by atoms with Crippen LogP contribution in [0.3, 0.4) is 0 Å². The van der Waals surface area contributed by atoms with Gasteiger partial charge in [-0.25, -0.2) is 0 Å². The largest absolute Gasteiger partial charge is 0.343 e. The summed E-state index contributed by atoms with van der Waals surface area (Å²) in [6.07, 6.45) is 3.03. The summed E-state index contributed by atoms with van der Waals surface area (Å²) in [6.45, 7) is 4.87. The van der Waals surface area contributed by atoms with Crippen LogP contribution in [-0.2, 0) is 13.1 Å². The van der Waals surface area contributed by atoms with Crippen molar-refractivity contribution in [3.8, 4) is 0 Å². The van der Waals surface area contributed by atoms with E-state index in [1.54, 1.807) is 25.0 Å². The van der Waals surface area contributed by atoms with E-state index in [9.17, 15) is 9.59 Å². The van der Waals surface area contributed by atoms with Crippen molar-refractivity contribution < 1.29 is 9.59 Å². The highest BCUT2D eigenvalue weighted by atomic mass is 35.5. The van der Waals surface area contributed by atoms with E-state index in [2.05, 4.69) is 15.5 Å². The highest BCUT2D eigenvalue weighted by molar-refractivity contribution is 6.34. The zero-order valence-corrected chi connectivity index (χ0v) is 14.3. The Kier molecular flexibility index (Phi) is 5.05. The van der Waals surface area contributed by atoms with Gasteiger partial charge in [-0.3, -0.25) is 19.0 Å². The molecule has 9 heteroatoms. The third-order valence-electron chi connectivity index (χ3n) is 3.25. The van der Waals surface area contributed by atoms with E-state index in [1.165, 1.54) is 15.8 Å². The van der Waals surface area contributed by atoms with Crippen molar-refractivity contribution in [2.24, 2.45) is 0 Å². The molecule has 23 heavy (non-hydrogen) atoms. The summed E-state index contributed by atoms with van der Waals surface area (Å²) in [5, 5.41) is 11.2. The average molecular weight is 339 g/mol. The third-order valence-corrected chi connectivity index (χ3v) is 3.53. The molecule has 0 saturated heterocycles. The predicted octanol–water partition coefficient (Wildman–Crippen LogP) is 1.73. The standard InChI is InChI=1S/C14H19ClN6O2/c1-5-20-8-9(15)11(18-20)13(22)17-10-7-16-21(6-2)12(10)14(23)19(3)4/h7-8H,5-6H2,1-4H3,(H,17,22). The monoisotopic (exact) mass is 338 g/mol. The van der Waals surface area contributed by atoms with Crippen molar-refractivity contribution >= 4 is 29.1 Å². The van der Waals surface area contributed by atoms with Crippen LogP contribution in [0.5, 0.6) is 0 Å². The number of nitrogens with zero attached hydrogens (tertiary/aromatic N) is 5. The maximum absolute atomic E-state index is 12.4. The van der Waals surface area contributed by atoms with Gasteiger partial charge in [-0.2, -0.15) is 10.2 Å². The van der Waals surface area contributed by atoms with Gasteiger partial charge in [0, 0.05) is 33.4 Å². The molecule has 0 aliphatic rings. The molecule has 0 aromatic carbocycles. The van der Waals surface area contributed by atoms with Crippen molar-refractivity contribution in [1.82, 2.24) is 24.5 Å². The van der Waals surface area contributed by atoms with Gasteiger partial charge in [0.15, 0.2) is 5.69 Å². The van der Waals surface area contributed by atoms with Crippen LogP contribution in [0.4, 0.5) is 5.69 Å². The second-order valence-electron chi connectivity index (χ2n) is 5.06. The SMILES string of the molecule is CCn1cc(Cl)c(C(=O)Nc2cnn(CC)c2C(=O)N(C)C)n1. The highest BCUT2D eigenvalue weighted by Crippen LogP contribution is 2.20. The van der Waals surface area contributed by atoms with Crippen LogP contribution in [0.1, 0.15) is 34.8 Å². The summed E-state index contributed by atoms with van der Waals surface area (Å²) in [7, 11) is 3.28. The molecule has 0 atom stereocenters. The number of halogens is 1. The fourth-order valence-electron chi connectivity index (χ4n) is 2.05. The van der Waals surface area contributed by atoms with Crippen molar-refractivity contribution in [3.05, 3.63) is 28.8 Å². The molecule has 0 saturated carbocycles. The van der Waals surface area contributed by atoms with Gasteiger partial charge in [0.2, 0.25) is 0 Å². The summed E-state index contributed by atoms with van der Waals surface area (Å²) in [6, 6.07) is 0. The topological polar surface area (TPSA) is 85.0 Å². The normalized spacial score (nSPS) is 10.7. The zero-order chi connectivity index (χ0) is 17.1. The van der Waals surface area contributed by atoms with Crippen LogP contribution < -0.4 is 5.32 Å². The molecule has 8 nitrogen and oxygen atoms in total. The highest BCUT2D eigenvalue weighted by Gasteiger charge is 2.23. The molecule has 2 aromatic rings. The Labute approximate surface area is 139 Å². The van der Waals surface area contributed by atoms with E-state index in [-0.39, 0.29) is 16.6 Å². The molecule has 0 spiro atoms. The Hall–Kier alpha value is -2.35. The van der Waals surface area contributed by atoms with Crippen LogP contribution in [0.15, 0.2) is 12.4 Å². The van der Waals surface area contributed by atoms with Crippen LogP contribution >= 0.6 is 11.6 Å². The maximum Gasteiger partial charge on any atom is 0.277 e. The number of carbonyl (C=O) groups is 2. The van der Waals surface area contributed by atoms with Gasteiger partial charge in [0.05, 0.1) is 16.9 Å². The average Bonchev–Trinajstić information content (AvgIpc) is 3.09. The smallest absolute Gasteiger partial charge is 0.277 e. The number of aromatic nitrogens is 4. The maximum atomic E-state index is 12.4. The van der Waals surface area contributed by atoms with E-state index in [0.29, 0.717) is 24.5 Å². The number of aryl methyl sites for hydroxylation is 2. The summed E-state index contributed by atoms with van der Waals surface area (Å²) >= 11 is 6.03. The second kappa shape index (κ2) is 6.82. The molecule has 0 unspecified atom stereocenters. The third kappa shape index (κ3) is 3.37. The molecule has 2 amide bonds. The van der Waals surface area contributed by atoms with Crippen LogP contribution in [0.25, 0.3) is 0 Å². The molecule has 2 aromatic heterocycles. The lowest BCUT2D eigenvalue weighted by Gasteiger charge is -2.13. The van der Waals surface area contributed by atoms with Crippen LogP contribution in [0, 0.1) is 0 Å².